The van der Waals surface area contributed by atoms with Gasteiger partial charge in [0.15, 0.2) is 0 Å². The van der Waals surface area contributed by atoms with Gasteiger partial charge in [-0.2, -0.15) is 0 Å². The van der Waals surface area contributed by atoms with E-state index in [1.54, 1.807) is 12.3 Å². The highest BCUT2D eigenvalue weighted by molar-refractivity contribution is 7.09. The number of hydrogen-bond donors (Lipinski definition) is 2. The van der Waals surface area contributed by atoms with Crippen molar-refractivity contribution < 1.29 is 14.7 Å². The van der Waals surface area contributed by atoms with Crippen molar-refractivity contribution >= 4 is 23.2 Å². The van der Waals surface area contributed by atoms with Crippen molar-refractivity contribution in [2.75, 3.05) is 6.54 Å². The lowest BCUT2D eigenvalue weighted by molar-refractivity contribution is -0.137. The minimum Gasteiger partial charge on any atom is -0.481 e. The van der Waals surface area contributed by atoms with Crippen LogP contribution in [0.2, 0.25) is 0 Å². The first kappa shape index (κ1) is 17.1. The molecule has 122 valence electrons. The van der Waals surface area contributed by atoms with Crippen LogP contribution in [0.5, 0.6) is 0 Å². The number of nitrogens with one attached hydrogen (secondary N) is 1. The average molecular weight is 332 g/mol. The first-order valence-corrected chi connectivity index (χ1v) is 8.32. The molecule has 0 spiro atoms. The molecule has 0 saturated heterocycles. The molecule has 0 bridgehead atoms. The molecule has 0 aliphatic rings. The Labute approximate surface area is 139 Å². The SMILES string of the molecule is Cc1ccc(Cc2nc(C(=O)NCC(C)CC(=O)O)cs2)cc1. The minimum absolute atomic E-state index is 0.0377. The molecule has 2 aromatic rings. The Hall–Kier alpha value is -2.21. The van der Waals surface area contributed by atoms with E-state index in [0.29, 0.717) is 18.7 Å². The fourth-order valence-corrected chi connectivity index (χ4v) is 2.91. The second-order valence-electron chi connectivity index (χ2n) is 5.70. The number of carboxylic acids is 1. The molecule has 1 amide bonds. The third-order valence-corrected chi connectivity index (χ3v) is 4.24. The highest BCUT2D eigenvalue weighted by atomic mass is 32.1. The first-order chi connectivity index (χ1) is 10.9. The largest absolute Gasteiger partial charge is 0.481 e. The van der Waals surface area contributed by atoms with Gasteiger partial charge >= 0.3 is 5.97 Å². The van der Waals surface area contributed by atoms with Crippen LogP contribution in [0.15, 0.2) is 29.6 Å². The number of aromatic nitrogens is 1. The number of aliphatic carboxylic acids is 1. The number of aryl methyl sites for hydroxylation is 1. The van der Waals surface area contributed by atoms with Crippen LogP contribution in [0.4, 0.5) is 0 Å². The standard InChI is InChI=1S/C17H20N2O3S/c1-11-3-5-13(6-4-11)8-15-19-14(10-23-15)17(22)18-9-12(2)7-16(20)21/h3-6,10,12H,7-9H2,1-2H3,(H,18,22)(H,20,21). The van der Waals surface area contributed by atoms with Gasteiger partial charge in [-0.3, -0.25) is 9.59 Å². The van der Waals surface area contributed by atoms with Gasteiger partial charge in [-0.05, 0) is 18.4 Å². The van der Waals surface area contributed by atoms with E-state index in [4.69, 9.17) is 5.11 Å². The summed E-state index contributed by atoms with van der Waals surface area (Å²) in [5.74, 6) is -1.23. The highest BCUT2D eigenvalue weighted by Crippen LogP contribution is 2.15. The first-order valence-electron chi connectivity index (χ1n) is 7.44. The molecule has 1 heterocycles. The van der Waals surface area contributed by atoms with Crippen molar-refractivity contribution in [3.63, 3.8) is 0 Å². The summed E-state index contributed by atoms with van der Waals surface area (Å²) in [5, 5.41) is 14.1. The fourth-order valence-electron chi connectivity index (χ4n) is 2.10. The van der Waals surface area contributed by atoms with E-state index in [2.05, 4.69) is 34.6 Å². The van der Waals surface area contributed by atoms with Crippen molar-refractivity contribution in [3.8, 4) is 0 Å². The number of carbonyl (C=O) groups is 2. The maximum atomic E-state index is 12.0. The number of thiazole rings is 1. The lowest BCUT2D eigenvalue weighted by atomic mass is 10.1. The Morgan fingerprint density at radius 1 is 1.30 bits per heavy atom. The maximum Gasteiger partial charge on any atom is 0.303 e. The van der Waals surface area contributed by atoms with E-state index < -0.39 is 5.97 Å². The van der Waals surface area contributed by atoms with Crippen LogP contribution >= 0.6 is 11.3 Å². The second kappa shape index (κ2) is 7.87. The molecule has 1 unspecified atom stereocenters. The molecular formula is C17H20N2O3S. The topological polar surface area (TPSA) is 79.3 Å². The number of amides is 1. The van der Waals surface area contributed by atoms with Gasteiger partial charge in [0, 0.05) is 24.8 Å². The summed E-state index contributed by atoms with van der Waals surface area (Å²) < 4.78 is 0. The average Bonchev–Trinajstić information content (AvgIpc) is 2.95. The number of benzene rings is 1. The van der Waals surface area contributed by atoms with Crippen LogP contribution in [0, 0.1) is 12.8 Å². The molecular weight excluding hydrogens is 312 g/mol. The van der Waals surface area contributed by atoms with Crippen LogP contribution in [0.25, 0.3) is 0 Å². The molecule has 2 rings (SSSR count). The summed E-state index contributed by atoms with van der Waals surface area (Å²) in [6.07, 6.45) is 0.740. The molecule has 0 aliphatic heterocycles. The molecule has 5 nitrogen and oxygen atoms in total. The van der Waals surface area contributed by atoms with E-state index in [-0.39, 0.29) is 18.2 Å². The molecule has 0 radical (unpaired) electrons. The third kappa shape index (κ3) is 5.49. The zero-order valence-corrected chi connectivity index (χ0v) is 14.0. The van der Waals surface area contributed by atoms with E-state index >= 15 is 0 Å². The Morgan fingerprint density at radius 3 is 2.65 bits per heavy atom. The van der Waals surface area contributed by atoms with Crippen LogP contribution in [-0.4, -0.2) is 28.5 Å². The summed E-state index contributed by atoms with van der Waals surface area (Å²) in [4.78, 5) is 27.0. The van der Waals surface area contributed by atoms with Crippen molar-refractivity contribution in [2.45, 2.75) is 26.7 Å². The van der Waals surface area contributed by atoms with E-state index in [1.807, 2.05) is 6.92 Å². The van der Waals surface area contributed by atoms with Crippen LogP contribution in [0.3, 0.4) is 0 Å². The maximum absolute atomic E-state index is 12.0. The molecule has 0 aliphatic carbocycles. The van der Waals surface area contributed by atoms with Crippen LogP contribution in [0.1, 0.15) is 40.0 Å². The normalized spacial score (nSPS) is 11.9. The molecule has 0 saturated carbocycles. The summed E-state index contributed by atoms with van der Waals surface area (Å²) in [5.41, 5.74) is 2.76. The quantitative estimate of drug-likeness (QED) is 0.817. The van der Waals surface area contributed by atoms with E-state index in [1.165, 1.54) is 16.9 Å². The van der Waals surface area contributed by atoms with Crippen molar-refractivity contribution in [1.29, 1.82) is 0 Å². The lowest BCUT2D eigenvalue weighted by Crippen LogP contribution is -2.29. The fraction of sp³-hybridized carbons (Fsp3) is 0.353. The van der Waals surface area contributed by atoms with Gasteiger partial charge in [0.25, 0.3) is 5.91 Å². The van der Waals surface area contributed by atoms with Gasteiger partial charge in [0.1, 0.15) is 5.69 Å². The van der Waals surface area contributed by atoms with Gasteiger partial charge in [-0.1, -0.05) is 36.8 Å². The zero-order chi connectivity index (χ0) is 16.8. The number of hydrogen-bond acceptors (Lipinski definition) is 4. The molecule has 6 heteroatoms. The summed E-state index contributed by atoms with van der Waals surface area (Å²) in [6.45, 7) is 4.16. The minimum atomic E-state index is -0.860. The third-order valence-electron chi connectivity index (χ3n) is 3.39. The number of carboxylic acid groups (broad SMARTS) is 1. The predicted octanol–water partition coefficient (Wildman–Crippen LogP) is 2.88. The van der Waals surface area contributed by atoms with Gasteiger partial charge in [-0.25, -0.2) is 4.98 Å². The molecule has 2 N–H and O–H groups in total. The second-order valence-corrected chi connectivity index (χ2v) is 6.64. The number of rotatable bonds is 7. The summed E-state index contributed by atoms with van der Waals surface area (Å²) in [6, 6.07) is 8.23. The molecule has 1 atom stereocenters. The molecule has 23 heavy (non-hydrogen) atoms. The molecule has 1 aromatic heterocycles. The van der Waals surface area contributed by atoms with Gasteiger partial charge in [-0.15, -0.1) is 11.3 Å². The molecule has 0 fully saturated rings. The van der Waals surface area contributed by atoms with E-state index in [0.717, 1.165) is 10.6 Å². The van der Waals surface area contributed by atoms with Crippen molar-refractivity contribution in [1.82, 2.24) is 10.3 Å². The highest BCUT2D eigenvalue weighted by Gasteiger charge is 2.13. The van der Waals surface area contributed by atoms with Crippen molar-refractivity contribution in [2.24, 2.45) is 5.92 Å². The smallest absolute Gasteiger partial charge is 0.303 e. The lowest BCUT2D eigenvalue weighted by Gasteiger charge is -2.09. The van der Waals surface area contributed by atoms with Crippen molar-refractivity contribution in [3.05, 3.63) is 51.5 Å². The molecule has 1 aromatic carbocycles. The van der Waals surface area contributed by atoms with Crippen LogP contribution in [-0.2, 0) is 11.2 Å². The van der Waals surface area contributed by atoms with Crippen LogP contribution < -0.4 is 5.32 Å². The Balaban J connectivity index is 1.89. The van der Waals surface area contributed by atoms with Gasteiger partial charge in [0.05, 0.1) is 5.01 Å². The monoisotopic (exact) mass is 332 g/mol. The van der Waals surface area contributed by atoms with E-state index in [9.17, 15) is 9.59 Å². The van der Waals surface area contributed by atoms with Gasteiger partial charge in [0.2, 0.25) is 0 Å². The summed E-state index contributed by atoms with van der Waals surface area (Å²) >= 11 is 1.46. The predicted molar refractivity (Wildman–Crippen MR) is 89.8 cm³/mol. The Kier molecular flexibility index (Phi) is 5.87. The van der Waals surface area contributed by atoms with Gasteiger partial charge < -0.3 is 10.4 Å². The number of carbonyl (C=O) groups excluding carboxylic acids is 1. The zero-order valence-electron chi connectivity index (χ0n) is 13.2. The summed E-state index contributed by atoms with van der Waals surface area (Å²) in [7, 11) is 0. The Bertz CT molecular complexity index is 679. The number of nitrogens with zero attached hydrogens (tertiary/aromatic N) is 1. The Morgan fingerprint density at radius 2 is 2.00 bits per heavy atom.